The summed E-state index contributed by atoms with van der Waals surface area (Å²) in [5.41, 5.74) is 10.2. The van der Waals surface area contributed by atoms with Crippen molar-refractivity contribution in [2.75, 3.05) is 30.0 Å². The Morgan fingerprint density at radius 2 is 1.60 bits per heavy atom. The predicted molar refractivity (Wildman–Crippen MR) is 189 cm³/mol. The lowest BCUT2D eigenvalue weighted by atomic mass is 10.1. The van der Waals surface area contributed by atoms with Crippen LogP contribution in [0.2, 0.25) is 0 Å². The van der Waals surface area contributed by atoms with Crippen LogP contribution in [0.3, 0.4) is 0 Å². The quantitative estimate of drug-likeness (QED) is 0.0537. The van der Waals surface area contributed by atoms with Gasteiger partial charge in [0.15, 0.2) is 0 Å². The molecule has 254 valence electrons. The largest absolute Gasteiger partial charge is 0.466 e. The van der Waals surface area contributed by atoms with Crippen LogP contribution in [0.15, 0.2) is 77.8 Å². The van der Waals surface area contributed by atoms with Gasteiger partial charge in [-0.2, -0.15) is 4.99 Å². The lowest BCUT2D eigenvalue weighted by molar-refractivity contribution is -0.142. The Hall–Kier alpha value is -5.19. The maximum atomic E-state index is 13.7. The van der Waals surface area contributed by atoms with Crippen molar-refractivity contribution >= 4 is 46.2 Å². The molecular formula is C37H46N6O5. The number of aryl methyl sites for hydroxylation is 1. The van der Waals surface area contributed by atoms with Gasteiger partial charge in [-0.05, 0) is 67.9 Å². The van der Waals surface area contributed by atoms with Gasteiger partial charge >= 0.3 is 12.1 Å². The number of fused-ring (bicyclic) bond motifs is 1. The standard InChI is InChI=1S/C37H46N6O5/c1-4-6-7-8-9-13-24-48-37(46)41-35(38)27-16-19-29(20-17-27)39-26-33-40-31-25-28(18-21-32(31)42(33)3)36(45)43(23-22-34(44)47-5-2)30-14-11-10-12-15-30/h10-12,14-21,25,39H,4-9,13,22-24,26H2,1-3H3,(H2,38,41,46). The molecule has 2 amide bonds. The van der Waals surface area contributed by atoms with Crippen molar-refractivity contribution in [1.82, 2.24) is 9.55 Å². The van der Waals surface area contributed by atoms with Gasteiger partial charge in [0, 0.05) is 36.1 Å². The molecule has 0 atom stereocenters. The maximum Gasteiger partial charge on any atom is 0.435 e. The Morgan fingerprint density at radius 3 is 2.33 bits per heavy atom. The lowest BCUT2D eigenvalue weighted by Crippen LogP contribution is -2.33. The van der Waals surface area contributed by atoms with E-state index in [0.717, 1.165) is 36.3 Å². The summed E-state index contributed by atoms with van der Waals surface area (Å²) in [6, 6.07) is 22.0. The molecule has 1 heterocycles. The third-order valence-corrected chi connectivity index (χ3v) is 7.94. The van der Waals surface area contributed by atoms with Gasteiger partial charge in [-0.3, -0.25) is 9.59 Å². The molecule has 0 spiro atoms. The first-order chi connectivity index (χ1) is 23.3. The van der Waals surface area contributed by atoms with E-state index in [4.69, 9.17) is 20.2 Å². The number of hydrogen-bond acceptors (Lipinski definition) is 7. The zero-order valence-corrected chi connectivity index (χ0v) is 28.1. The summed E-state index contributed by atoms with van der Waals surface area (Å²) >= 11 is 0. The molecule has 11 heteroatoms. The highest BCUT2D eigenvalue weighted by Crippen LogP contribution is 2.22. The summed E-state index contributed by atoms with van der Waals surface area (Å²) in [5.74, 6) is 0.289. The number of nitrogens with two attached hydrogens (primary N) is 1. The van der Waals surface area contributed by atoms with Gasteiger partial charge in [-0.1, -0.05) is 57.2 Å². The molecular weight excluding hydrogens is 608 g/mol. The number of carbonyl (C=O) groups is 3. The van der Waals surface area contributed by atoms with Gasteiger partial charge < -0.3 is 30.0 Å². The number of nitrogens with one attached hydrogen (secondary N) is 1. The Balaban J connectivity index is 1.36. The topological polar surface area (TPSA) is 141 Å². The molecule has 0 saturated heterocycles. The molecule has 0 saturated carbocycles. The van der Waals surface area contributed by atoms with Gasteiger partial charge in [0.25, 0.3) is 5.91 Å². The van der Waals surface area contributed by atoms with Crippen molar-refractivity contribution in [2.45, 2.75) is 65.3 Å². The molecule has 0 aliphatic heterocycles. The molecule has 11 nitrogen and oxygen atoms in total. The van der Waals surface area contributed by atoms with E-state index in [1.165, 1.54) is 19.3 Å². The number of anilines is 2. The van der Waals surface area contributed by atoms with Crippen LogP contribution in [0.5, 0.6) is 0 Å². The van der Waals surface area contributed by atoms with Crippen molar-refractivity contribution in [2.24, 2.45) is 17.8 Å². The molecule has 3 N–H and O–H groups in total. The Bertz CT molecular complexity index is 1680. The second-order valence-corrected chi connectivity index (χ2v) is 11.4. The predicted octanol–water partition coefficient (Wildman–Crippen LogP) is 6.99. The van der Waals surface area contributed by atoms with Crippen LogP contribution in [0.25, 0.3) is 11.0 Å². The fourth-order valence-corrected chi connectivity index (χ4v) is 5.27. The third-order valence-electron chi connectivity index (χ3n) is 7.94. The number of benzene rings is 3. The Morgan fingerprint density at radius 1 is 0.896 bits per heavy atom. The number of para-hydroxylation sites is 1. The summed E-state index contributed by atoms with van der Waals surface area (Å²) in [5, 5.41) is 3.36. The van der Waals surface area contributed by atoms with E-state index in [-0.39, 0.29) is 37.3 Å². The first-order valence-electron chi connectivity index (χ1n) is 16.6. The SMILES string of the molecule is CCCCCCCCOC(=O)/N=C(\N)c1ccc(NCc2nc3cc(C(=O)N(CCC(=O)OCC)c4ccccc4)ccc3n2C)cc1. The van der Waals surface area contributed by atoms with Gasteiger partial charge in [0.2, 0.25) is 0 Å². The molecule has 0 aliphatic carbocycles. The Labute approximate surface area is 282 Å². The van der Waals surface area contributed by atoms with Crippen LogP contribution in [-0.2, 0) is 27.9 Å². The summed E-state index contributed by atoms with van der Waals surface area (Å²) in [4.78, 5) is 48.1. The van der Waals surface area contributed by atoms with Crippen LogP contribution >= 0.6 is 0 Å². The number of hydrogen-bond donors (Lipinski definition) is 2. The number of unbranched alkanes of at least 4 members (excludes halogenated alkanes) is 5. The summed E-state index contributed by atoms with van der Waals surface area (Å²) in [7, 11) is 1.93. The summed E-state index contributed by atoms with van der Waals surface area (Å²) in [6.07, 6.45) is 6.04. The van der Waals surface area contributed by atoms with Gasteiger partial charge in [-0.25, -0.2) is 9.78 Å². The number of nitrogens with zero attached hydrogens (tertiary/aromatic N) is 4. The van der Waals surface area contributed by atoms with Crippen molar-refractivity contribution in [3.05, 3.63) is 89.7 Å². The fourth-order valence-electron chi connectivity index (χ4n) is 5.27. The van der Waals surface area contributed by atoms with Crippen LogP contribution in [-0.4, -0.2) is 53.1 Å². The number of amides is 2. The number of aromatic nitrogens is 2. The molecule has 3 aromatic carbocycles. The maximum absolute atomic E-state index is 13.7. The first kappa shape index (κ1) is 35.7. The zero-order chi connectivity index (χ0) is 34.3. The molecule has 4 rings (SSSR count). The van der Waals surface area contributed by atoms with Crippen molar-refractivity contribution in [3.63, 3.8) is 0 Å². The van der Waals surface area contributed by atoms with Crippen molar-refractivity contribution in [1.29, 1.82) is 0 Å². The minimum atomic E-state index is -0.681. The summed E-state index contributed by atoms with van der Waals surface area (Å²) in [6.45, 7) is 5.19. The number of imidazole rings is 1. The molecule has 0 aliphatic rings. The molecule has 4 aromatic rings. The van der Waals surface area contributed by atoms with Gasteiger partial charge in [-0.15, -0.1) is 0 Å². The number of esters is 1. The average Bonchev–Trinajstić information content (AvgIpc) is 3.41. The zero-order valence-electron chi connectivity index (χ0n) is 28.1. The number of carbonyl (C=O) groups excluding carboxylic acids is 3. The van der Waals surface area contributed by atoms with E-state index in [1.807, 2.05) is 60.1 Å². The first-order valence-corrected chi connectivity index (χ1v) is 16.6. The second kappa shape index (κ2) is 18.2. The highest BCUT2D eigenvalue weighted by Gasteiger charge is 2.21. The summed E-state index contributed by atoms with van der Waals surface area (Å²) < 4.78 is 12.3. The molecule has 0 radical (unpaired) electrons. The fraction of sp³-hybridized carbons (Fsp3) is 0.378. The molecule has 0 fully saturated rings. The molecule has 0 unspecified atom stereocenters. The van der Waals surface area contributed by atoms with Crippen LogP contribution < -0.4 is 16.0 Å². The van der Waals surface area contributed by atoms with Gasteiger partial charge in [0.05, 0.1) is 37.2 Å². The van der Waals surface area contributed by atoms with Crippen LogP contribution in [0, 0.1) is 0 Å². The normalized spacial score (nSPS) is 11.4. The molecule has 1 aromatic heterocycles. The van der Waals surface area contributed by atoms with E-state index >= 15 is 0 Å². The van der Waals surface area contributed by atoms with E-state index in [9.17, 15) is 14.4 Å². The van der Waals surface area contributed by atoms with E-state index in [1.54, 1.807) is 36.1 Å². The lowest BCUT2D eigenvalue weighted by Gasteiger charge is -2.22. The minimum absolute atomic E-state index is 0.0857. The molecule has 0 bridgehead atoms. The van der Waals surface area contributed by atoms with Crippen LogP contribution in [0.4, 0.5) is 16.2 Å². The van der Waals surface area contributed by atoms with E-state index in [2.05, 4.69) is 17.2 Å². The van der Waals surface area contributed by atoms with Crippen molar-refractivity contribution < 1.29 is 23.9 Å². The monoisotopic (exact) mass is 654 g/mol. The van der Waals surface area contributed by atoms with Crippen LogP contribution in [0.1, 0.15) is 80.5 Å². The smallest absolute Gasteiger partial charge is 0.435 e. The van der Waals surface area contributed by atoms with E-state index < -0.39 is 6.09 Å². The Kier molecular flexibility index (Phi) is 13.5. The number of rotatable bonds is 17. The number of ether oxygens (including phenoxy) is 2. The minimum Gasteiger partial charge on any atom is -0.466 e. The average molecular weight is 655 g/mol. The highest BCUT2D eigenvalue weighted by atomic mass is 16.5. The number of aliphatic imine (C=N–C) groups is 1. The molecule has 48 heavy (non-hydrogen) atoms. The van der Waals surface area contributed by atoms with Gasteiger partial charge in [0.1, 0.15) is 11.7 Å². The number of amidine groups is 1. The van der Waals surface area contributed by atoms with E-state index in [0.29, 0.717) is 35.5 Å². The third kappa shape index (κ3) is 10.2. The van der Waals surface area contributed by atoms with Crippen molar-refractivity contribution in [3.8, 4) is 0 Å². The second-order valence-electron chi connectivity index (χ2n) is 11.4. The highest BCUT2D eigenvalue weighted by molar-refractivity contribution is 6.08.